The minimum atomic E-state index is -4.65. The van der Waals surface area contributed by atoms with Crippen molar-refractivity contribution in [2.75, 3.05) is 18.5 Å². The maximum absolute atomic E-state index is 13.3. The number of carbonyl (C=O) groups is 1. The fourth-order valence-corrected chi connectivity index (χ4v) is 4.20. The molecule has 0 aliphatic rings. The van der Waals surface area contributed by atoms with Gasteiger partial charge in [-0.25, -0.2) is 9.78 Å². The van der Waals surface area contributed by atoms with E-state index in [1.54, 1.807) is 6.92 Å². The third kappa shape index (κ3) is 6.31. The Kier molecular flexibility index (Phi) is 7.75. The zero-order valence-electron chi connectivity index (χ0n) is 20.3. The predicted molar refractivity (Wildman–Crippen MR) is 130 cm³/mol. The summed E-state index contributed by atoms with van der Waals surface area (Å²) in [6.07, 6.45) is -3.29. The summed E-state index contributed by atoms with van der Waals surface area (Å²) >= 11 is 0. The number of alkyl halides is 3. The summed E-state index contributed by atoms with van der Waals surface area (Å²) in [6.45, 7) is 9.14. The monoisotopic (exact) mass is 510 g/mol. The Morgan fingerprint density at radius 1 is 1.20 bits per heavy atom. The molecule has 0 aliphatic heterocycles. The van der Waals surface area contributed by atoms with Gasteiger partial charge in [-0.2, -0.15) is 13.2 Å². The lowest BCUT2D eigenvalue weighted by Crippen LogP contribution is -2.22. The lowest BCUT2D eigenvalue weighted by Gasteiger charge is -2.17. The molecule has 0 spiro atoms. The van der Waals surface area contributed by atoms with E-state index in [1.165, 1.54) is 36.0 Å². The first-order chi connectivity index (χ1) is 16.3. The minimum Gasteiger partial charge on any atom is -0.461 e. The minimum absolute atomic E-state index is 0.0469. The normalized spacial score (nSPS) is 12.2. The number of pyridine rings is 1. The van der Waals surface area contributed by atoms with Gasteiger partial charge < -0.3 is 19.4 Å². The predicted octanol–water partition coefficient (Wildman–Crippen LogP) is 4.99. The zero-order chi connectivity index (χ0) is 26.0. The Labute approximate surface area is 201 Å². The summed E-state index contributed by atoms with van der Waals surface area (Å²) in [5.41, 5.74) is -1.03. The average Bonchev–Trinajstić information content (AvgIpc) is 3.15. The topological polar surface area (TPSA) is 87.4 Å². The molecule has 2 heterocycles. The summed E-state index contributed by atoms with van der Waals surface area (Å²) in [7, 11) is -0.0554. The number of nitrogens with one attached hydrogen (secondary N) is 1. The van der Waals surface area contributed by atoms with Gasteiger partial charge in [0.2, 0.25) is 5.95 Å². The number of ether oxygens (including phenoxy) is 2. The lowest BCUT2D eigenvalue weighted by atomic mass is 10.1. The van der Waals surface area contributed by atoms with Crippen LogP contribution >= 0.6 is 0 Å². The molecule has 0 aliphatic carbocycles. The smallest absolute Gasteiger partial charge is 0.431 e. The highest BCUT2D eigenvalue weighted by molar-refractivity contribution is 6.76. The molecule has 1 aromatic carbocycles. The van der Waals surface area contributed by atoms with Gasteiger partial charge in [-0.05, 0) is 31.2 Å². The SMILES string of the molecule is CCOC(=O)c1cnc(Nc2ccc3c(c2)c(=O)cc(C(F)(F)F)n3C)n1COCC[Si](C)(C)C. The van der Waals surface area contributed by atoms with E-state index in [-0.39, 0.29) is 35.9 Å². The Bertz CT molecular complexity index is 1280. The molecule has 1 N–H and O–H groups in total. The van der Waals surface area contributed by atoms with Crippen LogP contribution in [0.1, 0.15) is 23.1 Å². The quantitative estimate of drug-likeness (QED) is 0.248. The van der Waals surface area contributed by atoms with Gasteiger partial charge in [0.15, 0.2) is 11.1 Å². The second kappa shape index (κ2) is 10.2. The Morgan fingerprint density at radius 2 is 1.91 bits per heavy atom. The molecule has 190 valence electrons. The molecular weight excluding hydrogens is 481 g/mol. The zero-order valence-corrected chi connectivity index (χ0v) is 21.3. The van der Waals surface area contributed by atoms with Gasteiger partial charge in [0.25, 0.3) is 0 Å². The summed E-state index contributed by atoms with van der Waals surface area (Å²) in [5.74, 6) is -0.293. The van der Waals surface area contributed by atoms with Crippen LogP contribution in [0.3, 0.4) is 0 Å². The summed E-state index contributed by atoms with van der Waals surface area (Å²) in [5, 5.41) is 3.14. The second-order valence-corrected chi connectivity index (χ2v) is 14.9. The van der Waals surface area contributed by atoms with Crippen molar-refractivity contribution in [1.29, 1.82) is 0 Å². The van der Waals surface area contributed by atoms with Crippen molar-refractivity contribution < 1.29 is 27.4 Å². The largest absolute Gasteiger partial charge is 0.461 e. The summed E-state index contributed by atoms with van der Waals surface area (Å²) in [4.78, 5) is 29.1. The van der Waals surface area contributed by atoms with Crippen molar-refractivity contribution >= 4 is 36.6 Å². The van der Waals surface area contributed by atoms with E-state index in [9.17, 15) is 22.8 Å². The molecule has 0 unspecified atom stereocenters. The molecule has 0 atom stereocenters. The number of esters is 1. The van der Waals surface area contributed by atoms with Crippen LogP contribution in [0.15, 0.2) is 35.3 Å². The lowest BCUT2D eigenvalue weighted by molar-refractivity contribution is -0.143. The Balaban J connectivity index is 1.93. The number of imidazole rings is 1. The molecule has 0 saturated carbocycles. The van der Waals surface area contributed by atoms with Crippen LogP contribution in [0.4, 0.5) is 24.8 Å². The first kappa shape index (κ1) is 26.5. The van der Waals surface area contributed by atoms with E-state index >= 15 is 0 Å². The molecule has 0 amide bonds. The number of rotatable bonds is 9. The second-order valence-electron chi connectivity index (χ2n) is 9.27. The number of aromatic nitrogens is 3. The molecule has 35 heavy (non-hydrogen) atoms. The van der Waals surface area contributed by atoms with E-state index in [4.69, 9.17) is 9.47 Å². The number of fused-ring (bicyclic) bond motifs is 1. The first-order valence-electron chi connectivity index (χ1n) is 11.1. The van der Waals surface area contributed by atoms with E-state index in [1.807, 2.05) is 0 Å². The van der Waals surface area contributed by atoms with E-state index in [0.29, 0.717) is 18.4 Å². The molecule has 3 aromatic rings. The number of aryl methyl sites for hydroxylation is 1. The number of hydrogen-bond donors (Lipinski definition) is 1. The van der Waals surface area contributed by atoms with Crippen LogP contribution in [-0.2, 0) is 29.4 Å². The van der Waals surface area contributed by atoms with Gasteiger partial charge in [-0.3, -0.25) is 9.36 Å². The highest BCUT2D eigenvalue weighted by Crippen LogP contribution is 2.30. The average molecular weight is 511 g/mol. The van der Waals surface area contributed by atoms with Crippen LogP contribution in [0.25, 0.3) is 10.9 Å². The standard InChI is InChI=1S/C23H29F3N4O4Si/c1-6-34-21(32)18-13-27-22(30(18)14-33-9-10-35(3,4)5)28-15-7-8-17-16(11-15)19(31)12-20(29(17)2)23(24,25)26/h7-8,11-13H,6,9-10,14H2,1-5H3,(H,27,28). The van der Waals surface area contributed by atoms with Gasteiger partial charge in [-0.15, -0.1) is 0 Å². The van der Waals surface area contributed by atoms with Crippen LogP contribution in [-0.4, -0.2) is 41.4 Å². The van der Waals surface area contributed by atoms with Crippen LogP contribution in [0.5, 0.6) is 0 Å². The molecule has 0 radical (unpaired) electrons. The van der Waals surface area contributed by atoms with Crippen molar-refractivity contribution in [2.45, 2.75) is 45.5 Å². The first-order valence-corrected chi connectivity index (χ1v) is 14.8. The molecular formula is C23H29F3N4O4Si. The van der Waals surface area contributed by atoms with Crippen LogP contribution in [0.2, 0.25) is 25.7 Å². The maximum atomic E-state index is 13.3. The van der Waals surface area contributed by atoms with Crippen molar-refractivity contribution in [1.82, 2.24) is 14.1 Å². The van der Waals surface area contributed by atoms with Gasteiger partial charge >= 0.3 is 12.1 Å². The number of hydrogen-bond acceptors (Lipinski definition) is 6. The highest BCUT2D eigenvalue weighted by atomic mass is 28.3. The molecule has 12 heteroatoms. The van der Waals surface area contributed by atoms with Crippen LogP contribution < -0.4 is 10.7 Å². The number of benzene rings is 1. The number of anilines is 2. The molecule has 0 saturated heterocycles. The molecule has 0 fully saturated rings. The third-order valence-electron chi connectivity index (χ3n) is 5.36. The van der Waals surface area contributed by atoms with Gasteiger partial charge in [0.1, 0.15) is 12.4 Å². The molecule has 0 bridgehead atoms. The van der Waals surface area contributed by atoms with Crippen molar-refractivity contribution in [2.24, 2.45) is 7.05 Å². The number of nitrogens with zero attached hydrogens (tertiary/aromatic N) is 3. The van der Waals surface area contributed by atoms with Gasteiger partial charge in [0.05, 0.1) is 18.3 Å². The van der Waals surface area contributed by atoms with Gasteiger partial charge in [0, 0.05) is 38.9 Å². The molecule has 3 rings (SSSR count). The summed E-state index contributed by atoms with van der Waals surface area (Å²) in [6, 6.07) is 5.94. The third-order valence-corrected chi connectivity index (χ3v) is 7.06. The van der Waals surface area contributed by atoms with Crippen molar-refractivity contribution in [3.63, 3.8) is 0 Å². The number of halogens is 3. The fraction of sp³-hybridized carbons (Fsp3) is 0.435. The van der Waals surface area contributed by atoms with Crippen LogP contribution in [0, 0.1) is 0 Å². The molecule has 8 nitrogen and oxygen atoms in total. The molecule has 2 aromatic heterocycles. The van der Waals surface area contributed by atoms with E-state index < -0.39 is 31.3 Å². The van der Waals surface area contributed by atoms with E-state index in [2.05, 4.69) is 29.9 Å². The summed E-state index contributed by atoms with van der Waals surface area (Å²) < 4.78 is 53.1. The van der Waals surface area contributed by atoms with Crippen molar-refractivity contribution in [3.05, 3.63) is 52.1 Å². The highest BCUT2D eigenvalue weighted by Gasteiger charge is 2.34. The Morgan fingerprint density at radius 3 is 2.54 bits per heavy atom. The maximum Gasteiger partial charge on any atom is 0.431 e. The number of carbonyl (C=O) groups excluding carboxylic acids is 1. The fourth-order valence-electron chi connectivity index (χ4n) is 3.44. The Hall–Kier alpha value is -3.12. The van der Waals surface area contributed by atoms with Gasteiger partial charge in [-0.1, -0.05) is 19.6 Å². The van der Waals surface area contributed by atoms with Crippen molar-refractivity contribution in [3.8, 4) is 0 Å². The van der Waals surface area contributed by atoms with E-state index in [0.717, 1.165) is 10.6 Å².